The molecule has 0 aliphatic heterocycles. The number of hydrogen-bond acceptors (Lipinski definition) is 2. The molecule has 1 heterocycles. The summed E-state index contributed by atoms with van der Waals surface area (Å²) in [6, 6.07) is 9.63. The van der Waals surface area contributed by atoms with Gasteiger partial charge in [0.2, 0.25) is 0 Å². The number of hydrogen-bond donors (Lipinski definition) is 0. The highest BCUT2D eigenvalue weighted by atomic mass is 16.1. The fourth-order valence-electron chi connectivity index (χ4n) is 2.20. The van der Waals surface area contributed by atoms with Crippen molar-refractivity contribution in [1.29, 1.82) is 0 Å². The van der Waals surface area contributed by atoms with Crippen molar-refractivity contribution in [3.63, 3.8) is 0 Å². The first-order valence-electron chi connectivity index (χ1n) is 5.51. The number of aromatic nitrogens is 2. The van der Waals surface area contributed by atoms with Crippen LogP contribution in [0.25, 0.3) is 5.69 Å². The van der Waals surface area contributed by atoms with Gasteiger partial charge in [0.15, 0.2) is 0 Å². The highest BCUT2D eigenvalue weighted by molar-refractivity contribution is 5.33. The van der Waals surface area contributed by atoms with Gasteiger partial charge in [-0.2, -0.15) is 0 Å². The van der Waals surface area contributed by atoms with Crippen molar-refractivity contribution in [2.24, 2.45) is 0 Å². The third-order valence-electron chi connectivity index (χ3n) is 3.03. The Hall–Kier alpha value is -1.90. The molecule has 0 fully saturated rings. The van der Waals surface area contributed by atoms with Gasteiger partial charge < -0.3 is 0 Å². The molecule has 3 rings (SSSR count). The Balaban J connectivity index is 2.21. The van der Waals surface area contributed by atoms with Crippen LogP contribution in [0.15, 0.2) is 41.5 Å². The van der Waals surface area contributed by atoms with Gasteiger partial charge >= 0.3 is 0 Å². The van der Waals surface area contributed by atoms with Crippen molar-refractivity contribution in [3.05, 3.63) is 58.3 Å². The smallest absolute Gasteiger partial charge is 0.261 e. The number of fused-ring (bicyclic) bond motifs is 1. The Labute approximate surface area is 93.4 Å². The minimum Gasteiger partial charge on any atom is -0.269 e. The van der Waals surface area contributed by atoms with Crippen LogP contribution in [-0.4, -0.2) is 9.55 Å². The summed E-state index contributed by atoms with van der Waals surface area (Å²) in [6.07, 6.45) is 4.51. The summed E-state index contributed by atoms with van der Waals surface area (Å²) in [6.45, 7) is 0. The fourth-order valence-corrected chi connectivity index (χ4v) is 2.20. The molecule has 1 aliphatic rings. The SMILES string of the molecule is O=c1c2c(ncn1-c1ccccc1)CCC2. The zero-order chi connectivity index (χ0) is 11.0. The quantitative estimate of drug-likeness (QED) is 0.721. The van der Waals surface area contributed by atoms with Crippen LogP contribution in [0.3, 0.4) is 0 Å². The second kappa shape index (κ2) is 3.59. The van der Waals surface area contributed by atoms with Gasteiger partial charge in [-0.15, -0.1) is 0 Å². The molecule has 3 nitrogen and oxygen atoms in total. The highest BCUT2D eigenvalue weighted by Crippen LogP contribution is 2.16. The summed E-state index contributed by atoms with van der Waals surface area (Å²) >= 11 is 0. The zero-order valence-electron chi connectivity index (χ0n) is 8.89. The Bertz CT molecular complexity index is 572. The molecule has 0 atom stereocenters. The Morgan fingerprint density at radius 2 is 1.94 bits per heavy atom. The fraction of sp³-hybridized carbons (Fsp3) is 0.231. The van der Waals surface area contributed by atoms with Crippen molar-refractivity contribution >= 4 is 0 Å². The van der Waals surface area contributed by atoms with E-state index in [0.29, 0.717) is 0 Å². The second-order valence-electron chi connectivity index (χ2n) is 4.03. The van der Waals surface area contributed by atoms with E-state index in [9.17, 15) is 4.79 Å². The van der Waals surface area contributed by atoms with Crippen LogP contribution < -0.4 is 5.56 Å². The lowest BCUT2D eigenvalue weighted by Gasteiger charge is -2.06. The lowest BCUT2D eigenvalue weighted by molar-refractivity contribution is 0.894. The van der Waals surface area contributed by atoms with Gasteiger partial charge in [-0.05, 0) is 31.4 Å². The summed E-state index contributed by atoms with van der Waals surface area (Å²) in [5, 5.41) is 0. The lowest BCUT2D eigenvalue weighted by Crippen LogP contribution is -2.22. The van der Waals surface area contributed by atoms with E-state index in [-0.39, 0.29) is 5.56 Å². The average Bonchev–Trinajstić information content (AvgIpc) is 2.80. The largest absolute Gasteiger partial charge is 0.269 e. The van der Waals surface area contributed by atoms with Crippen molar-refractivity contribution in [2.75, 3.05) is 0 Å². The van der Waals surface area contributed by atoms with Crippen LogP contribution in [0.1, 0.15) is 17.7 Å². The molecule has 1 aliphatic carbocycles. The molecule has 1 aromatic carbocycles. The summed E-state index contributed by atoms with van der Waals surface area (Å²) in [5.74, 6) is 0. The molecule has 3 heteroatoms. The van der Waals surface area contributed by atoms with E-state index in [1.54, 1.807) is 10.9 Å². The molecule has 0 N–H and O–H groups in total. The summed E-state index contributed by atoms with van der Waals surface area (Å²) in [4.78, 5) is 16.5. The van der Waals surface area contributed by atoms with Gasteiger partial charge in [-0.1, -0.05) is 18.2 Å². The predicted octanol–water partition coefficient (Wildman–Crippen LogP) is 1.72. The molecular weight excluding hydrogens is 200 g/mol. The second-order valence-corrected chi connectivity index (χ2v) is 4.03. The Morgan fingerprint density at radius 3 is 2.75 bits per heavy atom. The molecule has 2 aromatic rings. The Kier molecular flexibility index (Phi) is 2.10. The van der Waals surface area contributed by atoms with Gasteiger partial charge in [0.1, 0.15) is 6.33 Å². The molecule has 0 unspecified atom stereocenters. The number of benzene rings is 1. The lowest BCUT2D eigenvalue weighted by atomic mass is 10.2. The van der Waals surface area contributed by atoms with Gasteiger partial charge in [0, 0.05) is 5.56 Å². The van der Waals surface area contributed by atoms with Crippen LogP contribution in [0.2, 0.25) is 0 Å². The van der Waals surface area contributed by atoms with Gasteiger partial charge in [0.05, 0.1) is 11.4 Å². The molecule has 0 amide bonds. The molecule has 0 saturated heterocycles. The molecule has 0 saturated carbocycles. The molecule has 0 spiro atoms. The third kappa shape index (κ3) is 1.36. The number of para-hydroxylation sites is 1. The normalized spacial score (nSPS) is 13.8. The van der Waals surface area contributed by atoms with Gasteiger partial charge in [-0.3, -0.25) is 9.36 Å². The number of rotatable bonds is 1. The summed E-state index contributed by atoms with van der Waals surface area (Å²) in [7, 11) is 0. The molecule has 16 heavy (non-hydrogen) atoms. The van der Waals surface area contributed by atoms with Gasteiger partial charge in [-0.25, -0.2) is 4.98 Å². The van der Waals surface area contributed by atoms with Gasteiger partial charge in [0.25, 0.3) is 5.56 Å². The molecular formula is C13H12N2O. The van der Waals surface area contributed by atoms with E-state index in [4.69, 9.17) is 0 Å². The average molecular weight is 212 g/mol. The molecule has 0 radical (unpaired) electrons. The van der Waals surface area contributed by atoms with E-state index in [0.717, 1.165) is 36.2 Å². The van der Waals surface area contributed by atoms with Crippen LogP contribution in [0.5, 0.6) is 0 Å². The van der Waals surface area contributed by atoms with E-state index >= 15 is 0 Å². The number of nitrogens with zero attached hydrogens (tertiary/aromatic N) is 2. The monoisotopic (exact) mass is 212 g/mol. The van der Waals surface area contributed by atoms with Crippen LogP contribution in [-0.2, 0) is 12.8 Å². The van der Waals surface area contributed by atoms with E-state index in [2.05, 4.69) is 4.98 Å². The Morgan fingerprint density at radius 1 is 1.12 bits per heavy atom. The van der Waals surface area contributed by atoms with E-state index < -0.39 is 0 Å². The van der Waals surface area contributed by atoms with Crippen molar-refractivity contribution in [2.45, 2.75) is 19.3 Å². The predicted molar refractivity (Wildman–Crippen MR) is 61.9 cm³/mol. The summed E-state index contributed by atoms with van der Waals surface area (Å²) in [5.41, 5.74) is 2.85. The molecule has 0 bridgehead atoms. The first-order chi connectivity index (χ1) is 7.86. The topological polar surface area (TPSA) is 34.9 Å². The molecule has 80 valence electrons. The van der Waals surface area contributed by atoms with E-state index in [1.807, 2.05) is 30.3 Å². The van der Waals surface area contributed by atoms with Crippen molar-refractivity contribution < 1.29 is 0 Å². The minimum atomic E-state index is 0.0914. The maximum atomic E-state index is 12.2. The highest BCUT2D eigenvalue weighted by Gasteiger charge is 2.17. The maximum Gasteiger partial charge on any atom is 0.261 e. The zero-order valence-corrected chi connectivity index (χ0v) is 8.89. The third-order valence-corrected chi connectivity index (χ3v) is 3.03. The maximum absolute atomic E-state index is 12.2. The first kappa shape index (κ1) is 9.33. The number of aryl methyl sites for hydroxylation is 1. The first-order valence-corrected chi connectivity index (χ1v) is 5.51. The minimum absolute atomic E-state index is 0.0914. The van der Waals surface area contributed by atoms with Crippen molar-refractivity contribution in [3.8, 4) is 5.69 Å². The molecule has 1 aromatic heterocycles. The van der Waals surface area contributed by atoms with Crippen LogP contribution in [0.4, 0.5) is 0 Å². The van der Waals surface area contributed by atoms with Crippen LogP contribution in [0, 0.1) is 0 Å². The van der Waals surface area contributed by atoms with Crippen molar-refractivity contribution in [1.82, 2.24) is 9.55 Å². The van der Waals surface area contributed by atoms with E-state index in [1.165, 1.54) is 0 Å². The van der Waals surface area contributed by atoms with Crippen LogP contribution >= 0.6 is 0 Å². The summed E-state index contributed by atoms with van der Waals surface area (Å²) < 4.78 is 1.63. The standard InChI is InChI=1S/C13H12N2O/c16-13-11-7-4-8-12(11)14-9-15(13)10-5-2-1-3-6-10/h1-3,5-6,9H,4,7-8H2.